The van der Waals surface area contributed by atoms with Gasteiger partial charge in [-0.3, -0.25) is 10.1 Å². The van der Waals surface area contributed by atoms with E-state index in [2.05, 4.69) is 10.3 Å². The summed E-state index contributed by atoms with van der Waals surface area (Å²) in [6.45, 7) is -0.674. The average Bonchev–Trinajstić information content (AvgIpc) is 3.00. The molecule has 3 rings (SSSR count). The van der Waals surface area contributed by atoms with Gasteiger partial charge in [0.05, 0.1) is 10.3 Å². The third-order valence-corrected chi connectivity index (χ3v) is 4.06. The Morgan fingerprint density at radius 2 is 1.92 bits per heavy atom. The standard InChI is InChI=1S/C15H8F3N3O4S/c16-8-5-9-13(12(18)11(8)17)20-15(26-9)19-10(22)6-25-14(23)7-1-3-21(24)4-2-7/h1-5H,6H2,(H,19,20,22). The topological polar surface area (TPSA) is 95.2 Å². The number of rotatable bonds is 4. The number of carbonyl (C=O) groups excluding carboxylic acids is 2. The fraction of sp³-hybridized carbons (Fsp3) is 0.0667. The number of nitrogens with zero attached hydrogens (tertiary/aromatic N) is 2. The summed E-state index contributed by atoms with van der Waals surface area (Å²) in [6, 6.07) is 3.19. The van der Waals surface area contributed by atoms with Crippen molar-refractivity contribution in [1.29, 1.82) is 0 Å². The van der Waals surface area contributed by atoms with Gasteiger partial charge in [-0.05, 0) is 6.07 Å². The van der Waals surface area contributed by atoms with Crippen LogP contribution in [0.1, 0.15) is 10.4 Å². The van der Waals surface area contributed by atoms with E-state index in [1.54, 1.807) is 0 Å². The minimum absolute atomic E-state index is 0.00361. The molecule has 0 saturated carbocycles. The van der Waals surface area contributed by atoms with Gasteiger partial charge in [0.1, 0.15) is 5.52 Å². The van der Waals surface area contributed by atoms with Gasteiger partial charge in [0, 0.05) is 12.1 Å². The van der Waals surface area contributed by atoms with Crippen molar-refractivity contribution in [2.45, 2.75) is 0 Å². The molecule has 1 amide bonds. The van der Waals surface area contributed by atoms with Gasteiger partial charge in [0.2, 0.25) is 0 Å². The Hall–Kier alpha value is -3.21. The molecule has 0 bridgehead atoms. The number of carbonyl (C=O) groups is 2. The average molecular weight is 383 g/mol. The van der Waals surface area contributed by atoms with Crippen molar-refractivity contribution in [1.82, 2.24) is 4.98 Å². The van der Waals surface area contributed by atoms with E-state index in [0.717, 1.165) is 29.8 Å². The normalized spacial score (nSPS) is 10.7. The molecule has 0 aliphatic carbocycles. The van der Waals surface area contributed by atoms with Gasteiger partial charge < -0.3 is 9.94 Å². The summed E-state index contributed by atoms with van der Waals surface area (Å²) in [7, 11) is 0. The second-order valence-electron chi connectivity index (χ2n) is 4.92. The number of anilines is 1. The van der Waals surface area contributed by atoms with Gasteiger partial charge in [-0.25, -0.2) is 22.9 Å². The molecule has 3 aromatic rings. The van der Waals surface area contributed by atoms with Gasteiger partial charge in [-0.15, -0.1) is 0 Å². The largest absolute Gasteiger partial charge is 0.619 e. The molecule has 0 atom stereocenters. The van der Waals surface area contributed by atoms with E-state index in [0.29, 0.717) is 4.73 Å². The predicted molar refractivity (Wildman–Crippen MR) is 83.8 cm³/mol. The summed E-state index contributed by atoms with van der Waals surface area (Å²) >= 11 is 0.727. The number of fused-ring (bicyclic) bond motifs is 1. The van der Waals surface area contributed by atoms with Crippen LogP contribution in [0.15, 0.2) is 30.6 Å². The number of amides is 1. The molecular formula is C15H8F3N3O4S. The Labute approximate surface area is 147 Å². The van der Waals surface area contributed by atoms with Gasteiger partial charge in [0.25, 0.3) is 5.91 Å². The Kier molecular flexibility index (Phi) is 4.71. The lowest BCUT2D eigenvalue weighted by molar-refractivity contribution is -0.605. The van der Waals surface area contributed by atoms with Crippen LogP contribution < -0.4 is 10.0 Å². The third-order valence-electron chi connectivity index (χ3n) is 3.14. The summed E-state index contributed by atoms with van der Waals surface area (Å²) in [6.07, 6.45) is 2.18. The Morgan fingerprint density at radius 1 is 1.23 bits per heavy atom. The number of aromatic nitrogens is 2. The molecule has 2 heterocycles. The highest BCUT2D eigenvalue weighted by Gasteiger charge is 2.19. The quantitative estimate of drug-likeness (QED) is 0.322. The molecule has 1 N–H and O–H groups in total. The molecule has 0 aliphatic rings. The van der Waals surface area contributed by atoms with Crippen molar-refractivity contribution in [2.75, 3.05) is 11.9 Å². The van der Waals surface area contributed by atoms with Gasteiger partial charge in [-0.1, -0.05) is 11.3 Å². The zero-order chi connectivity index (χ0) is 18.8. The van der Waals surface area contributed by atoms with E-state index in [9.17, 15) is 28.0 Å². The number of pyridine rings is 1. The first-order valence-electron chi connectivity index (χ1n) is 6.95. The number of esters is 1. The van der Waals surface area contributed by atoms with Crippen LogP contribution in [0.4, 0.5) is 18.3 Å². The van der Waals surface area contributed by atoms with Crippen molar-refractivity contribution in [3.63, 3.8) is 0 Å². The first-order valence-corrected chi connectivity index (χ1v) is 7.76. The number of hydrogen-bond donors (Lipinski definition) is 1. The van der Waals surface area contributed by atoms with E-state index in [-0.39, 0.29) is 15.4 Å². The second-order valence-corrected chi connectivity index (χ2v) is 5.95. The summed E-state index contributed by atoms with van der Waals surface area (Å²) in [4.78, 5) is 27.2. The maximum atomic E-state index is 13.6. The predicted octanol–water partition coefficient (Wildman–Crippen LogP) is 2.14. The molecule has 0 saturated heterocycles. The molecule has 0 aliphatic heterocycles. The molecular weight excluding hydrogens is 375 g/mol. The van der Waals surface area contributed by atoms with Crippen LogP contribution >= 0.6 is 11.3 Å². The fourth-order valence-corrected chi connectivity index (χ4v) is 2.85. The molecule has 26 heavy (non-hydrogen) atoms. The van der Waals surface area contributed by atoms with Crippen LogP contribution in [0.25, 0.3) is 10.2 Å². The lowest BCUT2D eigenvalue weighted by atomic mass is 10.3. The van der Waals surface area contributed by atoms with Crippen molar-refractivity contribution < 1.29 is 32.2 Å². The van der Waals surface area contributed by atoms with E-state index < -0.39 is 41.5 Å². The van der Waals surface area contributed by atoms with Crippen molar-refractivity contribution in [3.8, 4) is 0 Å². The zero-order valence-corrected chi connectivity index (χ0v) is 13.5. The number of halogens is 3. The lowest BCUT2D eigenvalue weighted by Crippen LogP contribution is -2.25. The Bertz CT molecular complexity index is 1010. The molecule has 0 spiro atoms. The fourth-order valence-electron chi connectivity index (χ4n) is 1.95. The monoisotopic (exact) mass is 383 g/mol. The van der Waals surface area contributed by atoms with Gasteiger partial charge in [-0.2, -0.15) is 4.73 Å². The maximum Gasteiger partial charge on any atom is 0.339 e. The van der Waals surface area contributed by atoms with Crippen molar-refractivity contribution in [2.24, 2.45) is 0 Å². The van der Waals surface area contributed by atoms with E-state index in [4.69, 9.17) is 4.74 Å². The molecule has 2 aromatic heterocycles. The number of thiazole rings is 1. The second kappa shape index (κ2) is 6.96. The van der Waals surface area contributed by atoms with Crippen LogP contribution in [0.3, 0.4) is 0 Å². The van der Waals surface area contributed by atoms with Crippen molar-refractivity contribution >= 4 is 38.6 Å². The first-order chi connectivity index (χ1) is 12.3. The maximum absolute atomic E-state index is 13.6. The van der Waals surface area contributed by atoms with E-state index in [1.165, 1.54) is 12.1 Å². The Balaban J connectivity index is 1.65. The first kappa shape index (κ1) is 17.6. The summed E-state index contributed by atoms with van der Waals surface area (Å²) in [5.74, 6) is -6.10. The van der Waals surface area contributed by atoms with Gasteiger partial charge in [0.15, 0.2) is 41.6 Å². The highest BCUT2D eigenvalue weighted by atomic mass is 32.1. The zero-order valence-electron chi connectivity index (χ0n) is 12.7. The number of benzene rings is 1. The van der Waals surface area contributed by atoms with Crippen LogP contribution in [0.2, 0.25) is 0 Å². The summed E-state index contributed by atoms with van der Waals surface area (Å²) in [5.41, 5.74) is -0.352. The van der Waals surface area contributed by atoms with E-state index in [1.807, 2.05) is 0 Å². The minimum Gasteiger partial charge on any atom is -0.619 e. The summed E-state index contributed by atoms with van der Waals surface area (Å²) < 4.78 is 45.2. The lowest BCUT2D eigenvalue weighted by Gasteiger charge is -2.04. The molecule has 0 radical (unpaired) electrons. The smallest absolute Gasteiger partial charge is 0.339 e. The number of hydrogen-bond acceptors (Lipinski definition) is 6. The highest BCUT2D eigenvalue weighted by molar-refractivity contribution is 7.22. The SMILES string of the molecule is O=C(COC(=O)c1cc[n+]([O-])cc1)Nc1nc2c(F)c(F)c(F)cc2s1. The van der Waals surface area contributed by atoms with Crippen LogP contribution in [0, 0.1) is 22.7 Å². The molecule has 0 fully saturated rings. The Morgan fingerprint density at radius 3 is 2.62 bits per heavy atom. The number of nitrogens with one attached hydrogen (secondary N) is 1. The van der Waals surface area contributed by atoms with Crippen LogP contribution in [-0.2, 0) is 9.53 Å². The van der Waals surface area contributed by atoms with Crippen molar-refractivity contribution in [3.05, 3.63) is 58.8 Å². The molecule has 134 valence electrons. The number of ether oxygens (including phenoxy) is 1. The van der Waals surface area contributed by atoms with Crippen LogP contribution in [0.5, 0.6) is 0 Å². The van der Waals surface area contributed by atoms with Crippen LogP contribution in [-0.4, -0.2) is 23.5 Å². The minimum atomic E-state index is -1.66. The van der Waals surface area contributed by atoms with E-state index >= 15 is 0 Å². The van der Waals surface area contributed by atoms with Gasteiger partial charge >= 0.3 is 5.97 Å². The summed E-state index contributed by atoms with van der Waals surface area (Å²) in [5, 5.41) is 13.0. The molecule has 1 aromatic carbocycles. The molecule has 11 heteroatoms. The third kappa shape index (κ3) is 3.57. The molecule has 7 nitrogen and oxygen atoms in total. The highest BCUT2D eigenvalue weighted by Crippen LogP contribution is 2.30. The molecule has 0 unspecified atom stereocenters.